The van der Waals surface area contributed by atoms with Crippen LogP contribution >= 0.6 is 0 Å². The number of hydrogen-bond donors (Lipinski definition) is 0. The first-order chi connectivity index (χ1) is 9.54. The molecule has 0 radical (unpaired) electrons. The van der Waals surface area contributed by atoms with Gasteiger partial charge in [0.25, 0.3) is 5.69 Å². The summed E-state index contributed by atoms with van der Waals surface area (Å²) >= 11 is 0. The number of nitro benzene ring substituents is 1. The van der Waals surface area contributed by atoms with Crippen LogP contribution in [0, 0.1) is 10.1 Å². The zero-order valence-corrected chi connectivity index (χ0v) is 11.1. The van der Waals surface area contributed by atoms with Crippen molar-refractivity contribution in [1.82, 2.24) is 0 Å². The third-order valence-corrected chi connectivity index (χ3v) is 3.58. The predicted octanol–water partition coefficient (Wildman–Crippen LogP) is 2.61. The number of rotatable bonds is 3. The summed E-state index contributed by atoms with van der Waals surface area (Å²) in [5, 5.41) is 11.2. The molecule has 1 aromatic rings. The fourth-order valence-electron chi connectivity index (χ4n) is 2.55. The van der Waals surface area contributed by atoms with Crippen LogP contribution in [-0.4, -0.2) is 23.8 Å². The second-order valence-corrected chi connectivity index (χ2v) is 4.79. The smallest absolute Gasteiger partial charge is 0.338 e. The number of carbonyl (C=O) groups is 2. The van der Waals surface area contributed by atoms with Crippen LogP contribution in [0.15, 0.2) is 18.2 Å². The largest absolute Gasteiger partial charge is 0.465 e. The van der Waals surface area contributed by atoms with Crippen LogP contribution in [0.4, 0.5) is 5.69 Å². The van der Waals surface area contributed by atoms with Crippen molar-refractivity contribution >= 4 is 17.4 Å². The highest BCUT2D eigenvalue weighted by molar-refractivity contribution is 5.92. The molecule has 1 aromatic carbocycles. The summed E-state index contributed by atoms with van der Waals surface area (Å²) in [6, 6.07) is 4.15. The lowest BCUT2D eigenvalue weighted by molar-refractivity contribution is -0.385. The van der Waals surface area contributed by atoms with Crippen LogP contribution in [0.3, 0.4) is 0 Å². The molecule has 1 aliphatic rings. The van der Waals surface area contributed by atoms with Crippen LogP contribution < -0.4 is 0 Å². The van der Waals surface area contributed by atoms with E-state index in [9.17, 15) is 19.7 Å². The Bertz CT molecular complexity index is 567. The highest BCUT2D eigenvalue weighted by atomic mass is 16.6. The molecule has 0 spiro atoms. The Morgan fingerprint density at radius 3 is 2.75 bits per heavy atom. The summed E-state index contributed by atoms with van der Waals surface area (Å²) in [5.74, 6) is -1.03. The fraction of sp³-hybridized carbons (Fsp3) is 0.429. The first-order valence-corrected chi connectivity index (χ1v) is 6.44. The minimum absolute atomic E-state index is 0.0326. The number of ether oxygens (including phenoxy) is 1. The third kappa shape index (κ3) is 2.68. The molecule has 0 N–H and O–H groups in total. The zero-order chi connectivity index (χ0) is 14.7. The van der Waals surface area contributed by atoms with E-state index in [0.717, 1.165) is 12.8 Å². The van der Waals surface area contributed by atoms with Crippen molar-refractivity contribution < 1.29 is 19.2 Å². The standard InChI is InChI=1S/C14H15NO5/c1-20-14(17)9-6-7-10(12(8-9)15(18)19)11-4-2-3-5-13(11)16/h6-8,11H,2-5H2,1H3. The Labute approximate surface area is 115 Å². The molecule has 20 heavy (non-hydrogen) atoms. The van der Waals surface area contributed by atoms with E-state index in [0.29, 0.717) is 18.4 Å². The minimum Gasteiger partial charge on any atom is -0.465 e. The van der Waals surface area contributed by atoms with Crippen molar-refractivity contribution in [3.8, 4) is 0 Å². The molecule has 0 saturated heterocycles. The van der Waals surface area contributed by atoms with Crippen molar-refractivity contribution in [2.75, 3.05) is 7.11 Å². The van der Waals surface area contributed by atoms with Gasteiger partial charge in [0.2, 0.25) is 0 Å². The van der Waals surface area contributed by atoms with E-state index in [1.807, 2.05) is 0 Å². The van der Waals surface area contributed by atoms with E-state index in [-0.39, 0.29) is 17.0 Å². The van der Waals surface area contributed by atoms with Gasteiger partial charge in [-0.3, -0.25) is 14.9 Å². The van der Waals surface area contributed by atoms with Crippen LogP contribution in [0.25, 0.3) is 0 Å². The van der Waals surface area contributed by atoms with Gasteiger partial charge in [0, 0.05) is 24.0 Å². The highest BCUT2D eigenvalue weighted by Gasteiger charge is 2.30. The van der Waals surface area contributed by atoms with Gasteiger partial charge in [-0.25, -0.2) is 4.79 Å². The van der Waals surface area contributed by atoms with Gasteiger partial charge >= 0.3 is 5.97 Å². The van der Waals surface area contributed by atoms with E-state index < -0.39 is 16.8 Å². The lowest BCUT2D eigenvalue weighted by Crippen LogP contribution is -2.18. The fourth-order valence-corrected chi connectivity index (χ4v) is 2.55. The number of ketones is 1. The Morgan fingerprint density at radius 1 is 1.40 bits per heavy atom. The number of nitro groups is 1. The molecule has 2 rings (SSSR count). The monoisotopic (exact) mass is 277 g/mol. The molecule has 0 heterocycles. The Hall–Kier alpha value is -2.24. The van der Waals surface area contributed by atoms with Gasteiger partial charge in [-0.15, -0.1) is 0 Å². The topological polar surface area (TPSA) is 86.5 Å². The number of esters is 1. The molecular formula is C14H15NO5. The molecule has 1 saturated carbocycles. The van der Waals surface area contributed by atoms with Gasteiger partial charge in [-0.1, -0.05) is 12.5 Å². The van der Waals surface area contributed by atoms with Gasteiger partial charge in [0.05, 0.1) is 17.6 Å². The maximum absolute atomic E-state index is 11.9. The van der Waals surface area contributed by atoms with E-state index >= 15 is 0 Å². The molecule has 1 aliphatic carbocycles. The Morgan fingerprint density at radius 2 is 2.15 bits per heavy atom. The van der Waals surface area contributed by atoms with Gasteiger partial charge < -0.3 is 4.74 Å². The summed E-state index contributed by atoms with van der Waals surface area (Å²) in [6.07, 6.45) is 2.80. The van der Waals surface area contributed by atoms with E-state index in [2.05, 4.69) is 4.74 Å². The van der Waals surface area contributed by atoms with E-state index in [1.165, 1.54) is 25.3 Å². The molecular weight excluding hydrogens is 262 g/mol. The van der Waals surface area contributed by atoms with Crippen molar-refractivity contribution in [2.45, 2.75) is 31.6 Å². The summed E-state index contributed by atoms with van der Waals surface area (Å²) in [5.41, 5.74) is 0.326. The lowest BCUT2D eigenvalue weighted by Gasteiger charge is -2.20. The highest BCUT2D eigenvalue weighted by Crippen LogP contribution is 2.35. The normalized spacial score (nSPS) is 18.6. The molecule has 0 bridgehead atoms. The molecule has 6 heteroatoms. The van der Waals surface area contributed by atoms with Crippen LogP contribution in [0.2, 0.25) is 0 Å². The predicted molar refractivity (Wildman–Crippen MR) is 70.7 cm³/mol. The quantitative estimate of drug-likeness (QED) is 0.481. The first-order valence-electron chi connectivity index (χ1n) is 6.44. The minimum atomic E-state index is -0.630. The third-order valence-electron chi connectivity index (χ3n) is 3.58. The second kappa shape index (κ2) is 5.81. The van der Waals surface area contributed by atoms with E-state index in [1.54, 1.807) is 0 Å². The number of nitrogens with zero attached hydrogens (tertiary/aromatic N) is 1. The summed E-state index contributed by atoms with van der Waals surface area (Å²) in [4.78, 5) is 34.0. The summed E-state index contributed by atoms with van der Waals surface area (Å²) in [7, 11) is 1.22. The zero-order valence-electron chi connectivity index (χ0n) is 11.1. The molecule has 1 unspecified atom stereocenters. The van der Waals surface area contributed by atoms with Gasteiger partial charge in [-0.2, -0.15) is 0 Å². The Kier molecular flexibility index (Phi) is 4.12. The van der Waals surface area contributed by atoms with Crippen LogP contribution in [-0.2, 0) is 9.53 Å². The molecule has 106 valence electrons. The number of hydrogen-bond acceptors (Lipinski definition) is 5. The summed E-state index contributed by atoms with van der Waals surface area (Å²) in [6.45, 7) is 0. The average Bonchev–Trinajstić information content (AvgIpc) is 2.46. The molecule has 1 atom stereocenters. The maximum Gasteiger partial charge on any atom is 0.338 e. The van der Waals surface area contributed by atoms with Crippen molar-refractivity contribution in [3.63, 3.8) is 0 Å². The molecule has 1 fully saturated rings. The van der Waals surface area contributed by atoms with Crippen molar-refractivity contribution in [1.29, 1.82) is 0 Å². The average molecular weight is 277 g/mol. The van der Waals surface area contributed by atoms with Gasteiger partial charge in [0.1, 0.15) is 5.78 Å². The van der Waals surface area contributed by atoms with Crippen molar-refractivity contribution in [2.24, 2.45) is 0 Å². The Balaban J connectivity index is 2.44. The second-order valence-electron chi connectivity index (χ2n) is 4.79. The van der Waals surface area contributed by atoms with E-state index in [4.69, 9.17) is 0 Å². The van der Waals surface area contributed by atoms with Crippen LogP contribution in [0.1, 0.15) is 47.5 Å². The lowest BCUT2D eigenvalue weighted by atomic mass is 9.82. The summed E-state index contributed by atoms with van der Waals surface area (Å²) < 4.78 is 4.55. The number of Topliss-reactive ketones (excluding diaryl/α,β-unsaturated/α-hetero) is 1. The molecule has 0 aromatic heterocycles. The molecule has 0 aliphatic heterocycles. The van der Waals surface area contributed by atoms with Gasteiger partial charge in [-0.05, 0) is 18.9 Å². The molecule has 0 amide bonds. The molecule has 6 nitrogen and oxygen atoms in total. The maximum atomic E-state index is 11.9. The first kappa shape index (κ1) is 14.2. The number of methoxy groups -OCH3 is 1. The number of benzene rings is 1. The van der Waals surface area contributed by atoms with Gasteiger partial charge in [0.15, 0.2) is 0 Å². The SMILES string of the molecule is COC(=O)c1ccc(C2CCCCC2=O)c([N+](=O)[O-])c1. The number of carbonyl (C=O) groups excluding carboxylic acids is 2. The van der Waals surface area contributed by atoms with Crippen LogP contribution in [0.5, 0.6) is 0 Å². The van der Waals surface area contributed by atoms with Crippen molar-refractivity contribution in [3.05, 3.63) is 39.4 Å².